The number of aliphatic imine (C=N–C) groups is 1. The van der Waals surface area contributed by atoms with Crippen molar-refractivity contribution >= 4 is 23.0 Å². The van der Waals surface area contributed by atoms with Gasteiger partial charge in [0.2, 0.25) is 0 Å². The molecule has 3 rings (SSSR count). The van der Waals surface area contributed by atoms with Gasteiger partial charge >= 0.3 is 6.18 Å². The molecule has 196 valence electrons. The number of nitrogen functional groups attached to an aromatic ring is 1. The summed E-state index contributed by atoms with van der Waals surface area (Å²) < 4.78 is 70.3. The van der Waals surface area contributed by atoms with Gasteiger partial charge in [-0.2, -0.15) is 13.2 Å². The Morgan fingerprint density at radius 3 is 2.50 bits per heavy atom. The maximum Gasteiger partial charge on any atom is 0.434 e. The molecule has 11 heteroatoms. The van der Waals surface area contributed by atoms with Crippen molar-refractivity contribution in [2.24, 2.45) is 10.7 Å². The molecule has 0 spiro atoms. The van der Waals surface area contributed by atoms with E-state index in [1.165, 1.54) is 24.4 Å². The van der Waals surface area contributed by atoms with Gasteiger partial charge < -0.3 is 16.8 Å². The molecule has 2 aromatic heterocycles. The Kier molecular flexibility index (Phi) is 8.81. The zero-order chi connectivity index (χ0) is 27.9. The fourth-order valence-electron chi connectivity index (χ4n) is 3.37. The lowest BCUT2D eigenvalue weighted by atomic mass is 10.00. The van der Waals surface area contributed by atoms with Gasteiger partial charge in [0.25, 0.3) is 0 Å². The van der Waals surface area contributed by atoms with E-state index in [2.05, 4.69) is 38.7 Å². The van der Waals surface area contributed by atoms with Crippen LogP contribution in [-0.2, 0) is 6.42 Å². The lowest BCUT2D eigenvalue weighted by molar-refractivity contribution is -0.0581. The van der Waals surface area contributed by atoms with Crippen LogP contribution in [0.5, 0.6) is 0 Å². The van der Waals surface area contributed by atoms with Crippen LogP contribution in [0.15, 0.2) is 77.8 Å². The Hall–Kier alpha value is -4.72. The van der Waals surface area contributed by atoms with E-state index >= 15 is 0 Å². The molecule has 0 atom stereocenters. The van der Waals surface area contributed by atoms with E-state index in [1.807, 2.05) is 6.92 Å². The van der Waals surface area contributed by atoms with Gasteiger partial charge in [-0.15, -0.1) is 0 Å². The topological polar surface area (TPSA) is 102 Å². The number of benzene rings is 1. The second-order valence-corrected chi connectivity index (χ2v) is 7.82. The van der Waals surface area contributed by atoms with Crippen LogP contribution in [0.2, 0.25) is 0 Å². The number of alkyl halides is 3. The van der Waals surface area contributed by atoms with Crippen LogP contribution in [-0.4, -0.2) is 21.9 Å². The molecule has 0 saturated carbocycles. The van der Waals surface area contributed by atoms with Crippen LogP contribution in [0.25, 0.3) is 0 Å². The average Bonchev–Trinajstić information content (AvgIpc) is 2.85. The molecule has 1 aromatic carbocycles. The highest BCUT2D eigenvalue weighted by atomic mass is 19.4. The number of hydrogen-bond acceptors (Lipinski definition) is 6. The Labute approximate surface area is 216 Å². The summed E-state index contributed by atoms with van der Waals surface area (Å²) in [7, 11) is 0. The minimum absolute atomic E-state index is 0.0985. The number of anilines is 2. The molecule has 0 bridgehead atoms. The molecule has 3 aromatic rings. The van der Waals surface area contributed by atoms with E-state index in [0.717, 1.165) is 18.3 Å². The molecule has 2 heterocycles. The van der Waals surface area contributed by atoms with E-state index in [1.54, 1.807) is 6.07 Å². The van der Waals surface area contributed by atoms with Crippen LogP contribution in [0.1, 0.15) is 30.0 Å². The van der Waals surface area contributed by atoms with Crippen LogP contribution >= 0.6 is 0 Å². The number of pyridine rings is 2. The van der Waals surface area contributed by atoms with E-state index in [4.69, 9.17) is 11.5 Å². The van der Waals surface area contributed by atoms with E-state index in [-0.39, 0.29) is 23.6 Å². The predicted molar refractivity (Wildman–Crippen MR) is 137 cm³/mol. The van der Waals surface area contributed by atoms with Crippen molar-refractivity contribution < 1.29 is 22.0 Å². The predicted octanol–water partition coefficient (Wildman–Crippen LogP) is 5.79. The highest BCUT2D eigenvalue weighted by Gasteiger charge is 2.39. The molecular weight excluding hydrogens is 503 g/mol. The summed E-state index contributed by atoms with van der Waals surface area (Å²) in [4.78, 5) is 10.9. The summed E-state index contributed by atoms with van der Waals surface area (Å²) in [6.07, 6.45) is -1.06. The second-order valence-electron chi connectivity index (χ2n) is 7.82. The van der Waals surface area contributed by atoms with Gasteiger partial charge in [0.15, 0.2) is 17.3 Å². The van der Waals surface area contributed by atoms with Crippen molar-refractivity contribution in [3.05, 3.63) is 101 Å². The van der Waals surface area contributed by atoms with Gasteiger partial charge in [0.05, 0.1) is 5.56 Å². The fourth-order valence-corrected chi connectivity index (χ4v) is 3.37. The highest BCUT2D eigenvalue weighted by molar-refractivity contribution is 6.09. The monoisotopic (exact) mass is 526 g/mol. The maximum atomic E-state index is 15.0. The quantitative estimate of drug-likeness (QED) is 0.157. The van der Waals surface area contributed by atoms with Crippen LogP contribution in [0.4, 0.5) is 39.3 Å². The van der Waals surface area contributed by atoms with Crippen molar-refractivity contribution in [2.75, 3.05) is 11.1 Å². The number of aromatic nitrogens is 2. The largest absolute Gasteiger partial charge is 0.434 e. The number of nitrogens with zero attached hydrogens (tertiary/aromatic N) is 3. The summed E-state index contributed by atoms with van der Waals surface area (Å²) in [6, 6.07) is 7.84. The van der Waals surface area contributed by atoms with Crippen molar-refractivity contribution in [3.63, 3.8) is 0 Å². The Morgan fingerprint density at radius 2 is 1.87 bits per heavy atom. The molecule has 0 aliphatic rings. The van der Waals surface area contributed by atoms with Gasteiger partial charge in [-0.05, 0) is 41.5 Å². The minimum Gasteiger partial charge on any atom is -0.404 e. The summed E-state index contributed by atoms with van der Waals surface area (Å²) in [5, 5.41) is 2.60. The standard InChI is InChI=1S/C27H23F5N6/c1-3-4-6-20-17(10-12-35-25(20)34)13-18-8-9-19(14-23(18)29)37-16(2)21(15-33)24(27(30,31)32)38-26-22(28)7-5-11-36-26/h5,7-12,14-15,37H,2-3,13,33H2,1H3,(H2,34,35). The third-order valence-electron chi connectivity index (χ3n) is 5.16. The number of allylic oxidation sites excluding steroid dienone is 1. The third kappa shape index (κ3) is 6.73. The Bertz CT molecular complexity index is 1460. The van der Waals surface area contributed by atoms with Gasteiger partial charge in [0.1, 0.15) is 11.6 Å². The molecule has 0 radical (unpaired) electrons. The lowest BCUT2D eigenvalue weighted by Crippen LogP contribution is -2.28. The van der Waals surface area contributed by atoms with Crippen molar-refractivity contribution in [1.82, 2.24) is 9.97 Å². The molecule has 0 fully saturated rings. The Morgan fingerprint density at radius 1 is 1.11 bits per heavy atom. The van der Waals surface area contributed by atoms with Gasteiger partial charge in [-0.3, -0.25) is 0 Å². The molecule has 0 aliphatic heterocycles. The van der Waals surface area contributed by atoms with E-state index < -0.39 is 34.9 Å². The lowest BCUT2D eigenvalue weighted by Gasteiger charge is -2.18. The number of nitrogens with one attached hydrogen (secondary N) is 1. The van der Waals surface area contributed by atoms with Gasteiger partial charge in [-0.25, -0.2) is 23.7 Å². The maximum absolute atomic E-state index is 15.0. The van der Waals surface area contributed by atoms with Gasteiger partial charge in [-0.1, -0.05) is 31.4 Å². The van der Waals surface area contributed by atoms with E-state index in [9.17, 15) is 22.0 Å². The second kappa shape index (κ2) is 12.0. The summed E-state index contributed by atoms with van der Waals surface area (Å²) in [6.45, 7) is 5.46. The van der Waals surface area contributed by atoms with Gasteiger partial charge in [0, 0.05) is 48.4 Å². The molecule has 0 aliphatic carbocycles. The first-order chi connectivity index (χ1) is 18.0. The third-order valence-corrected chi connectivity index (χ3v) is 5.16. The molecule has 5 N–H and O–H groups in total. The summed E-state index contributed by atoms with van der Waals surface area (Å²) in [5.41, 5.74) is 10.4. The first-order valence-corrected chi connectivity index (χ1v) is 11.2. The first-order valence-electron chi connectivity index (χ1n) is 11.2. The average molecular weight is 527 g/mol. The zero-order valence-electron chi connectivity index (χ0n) is 20.2. The fraction of sp³-hybridized carbons (Fsp3) is 0.148. The van der Waals surface area contributed by atoms with Crippen molar-refractivity contribution in [1.29, 1.82) is 0 Å². The smallest absolute Gasteiger partial charge is 0.404 e. The Balaban J connectivity index is 1.87. The number of nitrogens with two attached hydrogens (primary N) is 2. The molecule has 38 heavy (non-hydrogen) atoms. The van der Waals surface area contributed by atoms with E-state index in [0.29, 0.717) is 29.3 Å². The van der Waals surface area contributed by atoms with Crippen LogP contribution in [0.3, 0.4) is 0 Å². The summed E-state index contributed by atoms with van der Waals surface area (Å²) in [5.74, 6) is 3.62. The molecule has 6 nitrogen and oxygen atoms in total. The van der Waals surface area contributed by atoms with Crippen LogP contribution < -0.4 is 16.8 Å². The van der Waals surface area contributed by atoms with Crippen LogP contribution in [0, 0.1) is 23.5 Å². The minimum atomic E-state index is -5.03. The first kappa shape index (κ1) is 27.9. The summed E-state index contributed by atoms with van der Waals surface area (Å²) >= 11 is 0. The molecule has 0 saturated heterocycles. The number of rotatable bonds is 7. The number of hydrogen-bond donors (Lipinski definition) is 3. The zero-order valence-corrected chi connectivity index (χ0v) is 20.2. The molecule has 0 unspecified atom stereocenters. The molecule has 0 amide bonds. The number of halogens is 5. The molecular formula is C27H23F5N6. The van der Waals surface area contributed by atoms with Crippen molar-refractivity contribution in [2.45, 2.75) is 25.9 Å². The SMILES string of the molecule is C=C(Nc1ccc(Cc2ccnc(N)c2C#CCC)c(F)c1)C(=CN)C(=Nc1ncccc1F)C(F)(F)F. The van der Waals surface area contributed by atoms with Crippen molar-refractivity contribution in [3.8, 4) is 11.8 Å². The normalized spacial score (nSPS) is 12.1. The highest BCUT2D eigenvalue weighted by Crippen LogP contribution is 2.30.